The molecule has 94 valence electrons. The Morgan fingerprint density at radius 1 is 1.11 bits per heavy atom. The van der Waals surface area contributed by atoms with Gasteiger partial charge in [0.1, 0.15) is 5.75 Å². The number of hydrogen-bond donors (Lipinski definition) is 1. The molecule has 4 heteroatoms. The zero-order valence-corrected chi connectivity index (χ0v) is 10.5. The van der Waals surface area contributed by atoms with Crippen molar-refractivity contribution in [1.29, 1.82) is 0 Å². The van der Waals surface area contributed by atoms with Gasteiger partial charge in [0.25, 0.3) is 0 Å². The van der Waals surface area contributed by atoms with Gasteiger partial charge in [0.05, 0.1) is 12.8 Å². The number of aromatic nitrogens is 1. The van der Waals surface area contributed by atoms with Crippen molar-refractivity contribution in [2.24, 2.45) is 0 Å². The molecule has 1 aromatic heterocycles. The molecule has 18 heavy (non-hydrogen) atoms. The maximum atomic E-state index is 5.69. The van der Waals surface area contributed by atoms with E-state index in [1.54, 1.807) is 12.1 Å². The average Bonchev–Trinajstić information content (AvgIpc) is 2.42. The van der Waals surface area contributed by atoms with Crippen molar-refractivity contribution in [1.82, 2.24) is 4.98 Å². The third-order valence-corrected chi connectivity index (χ3v) is 2.61. The van der Waals surface area contributed by atoms with Crippen molar-refractivity contribution >= 4 is 5.69 Å². The third-order valence-electron chi connectivity index (χ3n) is 2.61. The topological polar surface area (TPSA) is 57.4 Å². The van der Waals surface area contributed by atoms with E-state index >= 15 is 0 Å². The van der Waals surface area contributed by atoms with Gasteiger partial charge >= 0.3 is 0 Å². The molecule has 2 N–H and O–H groups in total. The minimum Gasteiger partial charge on any atom is -0.479 e. The second-order valence-corrected chi connectivity index (χ2v) is 3.85. The highest BCUT2D eigenvalue weighted by Gasteiger charge is 2.04. The second-order valence-electron chi connectivity index (χ2n) is 3.85. The maximum absolute atomic E-state index is 5.69. The van der Waals surface area contributed by atoms with Crippen molar-refractivity contribution < 1.29 is 9.47 Å². The van der Waals surface area contributed by atoms with Crippen LogP contribution in [0.5, 0.6) is 17.5 Å². The molecule has 1 heterocycles. The van der Waals surface area contributed by atoms with Crippen LogP contribution in [0.1, 0.15) is 12.5 Å². The average molecular weight is 244 g/mol. The standard InChI is InChI=1S/C14H16N2O2/c1-3-10-4-6-11(7-5-10)18-13-9-8-12(15)14(16-13)17-2/h4-9H,3,15H2,1-2H3. The fourth-order valence-corrected chi connectivity index (χ4v) is 1.57. The van der Waals surface area contributed by atoms with Gasteiger partial charge in [-0.3, -0.25) is 0 Å². The Hall–Kier alpha value is -2.23. The lowest BCUT2D eigenvalue weighted by atomic mass is 10.2. The summed E-state index contributed by atoms with van der Waals surface area (Å²) in [5, 5.41) is 0. The number of aryl methyl sites for hydroxylation is 1. The van der Waals surface area contributed by atoms with Crippen LogP contribution in [-0.2, 0) is 6.42 Å². The summed E-state index contributed by atoms with van der Waals surface area (Å²) in [6.45, 7) is 2.11. The van der Waals surface area contributed by atoms with Gasteiger partial charge in [-0.1, -0.05) is 19.1 Å². The van der Waals surface area contributed by atoms with E-state index in [9.17, 15) is 0 Å². The molecule has 0 saturated carbocycles. The number of anilines is 1. The first-order valence-corrected chi connectivity index (χ1v) is 5.80. The first-order valence-electron chi connectivity index (χ1n) is 5.80. The number of ether oxygens (including phenoxy) is 2. The van der Waals surface area contributed by atoms with Crippen LogP contribution in [0.3, 0.4) is 0 Å². The molecule has 4 nitrogen and oxygen atoms in total. The summed E-state index contributed by atoms with van der Waals surface area (Å²) in [6, 6.07) is 11.3. The Morgan fingerprint density at radius 3 is 2.44 bits per heavy atom. The van der Waals surface area contributed by atoms with Crippen LogP contribution in [0.2, 0.25) is 0 Å². The zero-order chi connectivity index (χ0) is 13.0. The lowest BCUT2D eigenvalue weighted by molar-refractivity contribution is 0.385. The second kappa shape index (κ2) is 5.40. The SMILES string of the molecule is CCc1ccc(Oc2ccc(N)c(OC)n2)cc1. The molecule has 0 fully saturated rings. The summed E-state index contributed by atoms with van der Waals surface area (Å²) >= 11 is 0. The molecule has 1 aromatic carbocycles. The highest BCUT2D eigenvalue weighted by Crippen LogP contribution is 2.25. The molecule has 2 aromatic rings. The molecule has 0 radical (unpaired) electrons. The summed E-state index contributed by atoms with van der Waals surface area (Å²) in [6.07, 6.45) is 1.01. The Labute approximate surface area is 106 Å². The molecule has 0 unspecified atom stereocenters. The molecule has 0 aliphatic rings. The number of benzene rings is 1. The van der Waals surface area contributed by atoms with E-state index in [-0.39, 0.29) is 0 Å². The van der Waals surface area contributed by atoms with Gasteiger partial charge in [0, 0.05) is 6.07 Å². The predicted octanol–water partition coefficient (Wildman–Crippen LogP) is 3.03. The summed E-state index contributed by atoms with van der Waals surface area (Å²) in [7, 11) is 1.53. The van der Waals surface area contributed by atoms with Gasteiger partial charge in [-0.05, 0) is 30.2 Å². The van der Waals surface area contributed by atoms with Crippen LogP contribution in [0.25, 0.3) is 0 Å². The van der Waals surface area contributed by atoms with Crippen LogP contribution >= 0.6 is 0 Å². The van der Waals surface area contributed by atoms with Crippen molar-refractivity contribution in [3.8, 4) is 17.5 Å². The molecule has 0 saturated heterocycles. The van der Waals surface area contributed by atoms with E-state index in [2.05, 4.69) is 11.9 Å². The quantitative estimate of drug-likeness (QED) is 0.898. The van der Waals surface area contributed by atoms with Gasteiger partial charge in [0.15, 0.2) is 0 Å². The first kappa shape index (κ1) is 12.2. The summed E-state index contributed by atoms with van der Waals surface area (Å²) in [5.74, 6) is 1.58. The highest BCUT2D eigenvalue weighted by atomic mass is 16.5. The van der Waals surface area contributed by atoms with Gasteiger partial charge in [-0.15, -0.1) is 0 Å². The minimum absolute atomic E-state index is 0.373. The molecule has 0 atom stereocenters. The lowest BCUT2D eigenvalue weighted by Crippen LogP contribution is -1.97. The van der Waals surface area contributed by atoms with Gasteiger partial charge in [-0.25, -0.2) is 0 Å². The predicted molar refractivity (Wildman–Crippen MR) is 71.1 cm³/mol. The number of hydrogen-bond acceptors (Lipinski definition) is 4. The zero-order valence-electron chi connectivity index (χ0n) is 10.5. The number of methoxy groups -OCH3 is 1. The Kier molecular flexibility index (Phi) is 3.67. The molecule has 0 bridgehead atoms. The Morgan fingerprint density at radius 2 is 1.83 bits per heavy atom. The van der Waals surface area contributed by atoms with Crippen LogP contribution in [0, 0.1) is 0 Å². The van der Waals surface area contributed by atoms with Crippen LogP contribution < -0.4 is 15.2 Å². The number of pyridine rings is 1. The monoisotopic (exact) mass is 244 g/mol. The van der Waals surface area contributed by atoms with Crippen LogP contribution in [-0.4, -0.2) is 12.1 Å². The van der Waals surface area contributed by atoms with E-state index in [4.69, 9.17) is 15.2 Å². The van der Waals surface area contributed by atoms with Gasteiger partial charge in [0.2, 0.25) is 11.8 Å². The van der Waals surface area contributed by atoms with Gasteiger partial charge < -0.3 is 15.2 Å². The van der Waals surface area contributed by atoms with E-state index in [1.807, 2.05) is 24.3 Å². The molecule has 0 aliphatic carbocycles. The molecule has 0 spiro atoms. The largest absolute Gasteiger partial charge is 0.479 e. The van der Waals surface area contributed by atoms with E-state index in [1.165, 1.54) is 12.7 Å². The van der Waals surface area contributed by atoms with Crippen LogP contribution in [0.4, 0.5) is 5.69 Å². The third kappa shape index (κ3) is 2.71. The van der Waals surface area contributed by atoms with E-state index < -0.39 is 0 Å². The van der Waals surface area contributed by atoms with Crippen molar-refractivity contribution in [3.63, 3.8) is 0 Å². The normalized spacial score (nSPS) is 10.1. The summed E-state index contributed by atoms with van der Waals surface area (Å²) < 4.78 is 10.7. The summed E-state index contributed by atoms with van der Waals surface area (Å²) in [4.78, 5) is 4.16. The fourth-order valence-electron chi connectivity index (χ4n) is 1.57. The molecule has 2 rings (SSSR count). The Bertz CT molecular complexity index is 524. The summed E-state index contributed by atoms with van der Waals surface area (Å²) in [5.41, 5.74) is 7.45. The van der Waals surface area contributed by atoms with Gasteiger partial charge in [-0.2, -0.15) is 4.98 Å². The number of nitrogens with zero attached hydrogens (tertiary/aromatic N) is 1. The maximum Gasteiger partial charge on any atom is 0.240 e. The van der Waals surface area contributed by atoms with Crippen molar-refractivity contribution in [3.05, 3.63) is 42.0 Å². The van der Waals surface area contributed by atoms with Crippen molar-refractivity contribution in [2.45, 2.75) is 13.3 Å². The van der Waals surface area contributed by atoms with E-state index in [0.29, 0.717) is 17.4 Å². The van der Waals surface area contributed by atoms with E-state index in [0.717, 1.165) is 12.2 Å². The number of nitrogens with two attached hydrogens (primary N) is 1. The smallest absolute Gasteiger partial charge is 0.240 e. The number of rotatable bonds is 4. The molecular weight excluding hydrogens is 228 g/mol. The molecular formula is C14H16N2O2. The van der Waals surface area contributed by atoms with Crippen LogP contribution in [0.15, 0.2) is 36.4 Å². The highest BCUT2D eigenvalue weighted by molar-refractivity contribution is 5.49. The Balaban J connectivity index is 2.17. The number of nitrogen functional groups attached to an aromatic ring is 1. The van der Waals surface area contributed by atoms with Crippen molar-refractivity contribution in [2.75, 3.05) is 12.8 Å². The fraction of sp³-hybridized carbons (Fsp3) is 0.214. The molecule has 0 aliphatic heterocycles. The molecule has 0 amide bonds. The first-order chi connectivity index (χ1) is 8.72. The minimum atomic E-state index is 0.373. The lowest BCUT2D eigenvalue weighted by Gasteiger charge is -2.08.